The molecule has 2 aliphatic rings. The van der Waals surface area contributed by atoms with Crippen molar-refractivity contribution in [2.45, 2.75) is 63.1 Å². The molecule has 2 aliphatic heterocycles. The molecule has 3 atom stereocenters. The van der Waals surface area contributed by atoms with Gasteiger partial charge in [0.2, 0.25) is 12.3 Å². The lowest BCUT2D eigenvalue weighted by molar-refractivity contribution is -0.124. The number of rotatable bonds is 7. The number of anilines is 1. The Balaban J connectivity index is 0.000000771. The van der Waals surface area contributed by atoms with E-state index in [1.807, 2.05) is 6.07 Å². The van der Waals surface area contributed by atoms with Gasteiger partial charge in [-0.3, -0.25) is 13.9 Å². The molecule has 2 fully saturated rings. The minimum Gasteiger partial charge on any atom is -0.391 e. The Kier molecular flexibility index (Phi) is 11.5. The van der Waals surface area contributed by atoms with Crippen LogP contribution in [0.25, 0.3) is 0 Å². The van der Waals surface area contributed by atoms with Crippen LogP contribution in [0.3, 0.4) is 0 Å². The van der Waals surface area contributed by atoms with Gasteiger partial charge in [0.25, 0.3) is 0 Å². The van der Waals surface area contributed by atoms with E-state index in [1.54, 1.807) is 57.0 Å². The highest BCUT2D eigenvalue weighted by Crippen LogP contribution is 2.44. The minimum absolute atomic E-state index is 0.00842. The quantitative estimate of drug-likeness (QED) is 0.259. The van der Waals surface area contributed by atoms with E-state index in [9.17, 15) is 9.59 Å². The van der Waals surface area contributed by atoms with Crippen LogP contribution in [-0.2, 0) is 9.59 Å². The lowest BCUT2D eigenvalue weighted by Crippen LogP contribution is -2.50. The molecule has 2 saturated heterocycles. The second-order valence-corrected chi connectivity index (χ2v) is 12.4. The molecule has 2 aromatic rings. The third-order valence-corrected chi connectivity index (χ3v) is 8.07. The van der Waals surface area contributed by atoms with E-state index in [1.165, 1.54) is 6.07 Å². The van der Waals surface area contributed by atoms with Crippen LogP contribution in [0.15, 0.2) is 36.4 Å². The molecule has 2 aromatic carbocycles. The van der Waals surface area contributed by atoms with Crippen molar-refractivity contribution >= 4 is 53.2 Å². The topological polar surface area (TPSA) is 93.7 Å². The van der Waals surface area contributed by atoms with Gasteiger partial charge >= 0.3 is 0 Å². The number of carbonyl (C=O) groups is 2. The summed E-state index contributed by atoms with van der Waals surface area (Å²) in [5.41, 5.74) is 1.18. The van der Waals surface area contributed by atoms with Crippen LogP contribution < -0.4 is 16.0 Å². The fraction of sp³-hybridized carbons (Fsp3) is 0.500. The van der Waals surface area contributed by atoms with Crippen LogP contribution in [0.1, 0.15) is 56.6 Å². The van der Waals surface area contributed by atoms with E-state index < -0.39 is 23.4 Å². The van der Waals surface area contributed by atoms with Gasteiger partial charge in [0.05, 0.1) is 16.7 Å². The fourth-order valence-corrected chi connectivity index (χ4v) is 5.92. The van der Waals surface area contributed by atoms with Gasteiger partial charge in [0, 0.05) is 48.2 Å². The highest BCUT2D eigenvalue weighted by molar-refractivity contribution is 7.96. The summed E-state index contributed by atoms with van der Waals surface area (Å²) in [4.78, 5) is 24.7. The Morgan fingerprint density at radius 2 is 1.85 bits per heavy atom. The molecule has 2 unspecified atom stereocenters. The first-order chi connectivity index (χ1) is 18.4. The predicted octanol–water partition coefficient (Wildman–Crippen LogP) is 5.18. The second-order valence-electron chi connectivity index (χ2n) is 10.7. The normalized spacial score (nSPS) is 22.1. The molecule has 0 aromatic heterocycles. The predicted molar refractivity (Wildman–Crippen MR) is 158 cm³/mol. The Morgan fingerprint density at radius 3 is 2.46 bits per heavy atom. The molecule has 7 nitrogen and oxygen atoms in total. The van der Waals surface area contributed by atoms with Gasteiger partial charge in [0.1, 0.15) is 5.82 Å². The van der Waals surface area contributed by atoms with Gasteiger partial charge < -0.3 is 21.1 Å². The standard InChI is InChI=1S/C24H27Cl2FN4O2S.C4H10O/c1-34-31-9-7-15(8-10-31)30-24(33)23-21(17-3-2-4-19(26)22(17)27)18(12-28-23)16-6-5-14(25)11-20(16)29-13-32;1-4(2,3)5/h2-6,11,13,15,18,21,23,28H,7-10,12H2,1H3,(H,29,32)(H,30,33);5H,1-3H3/t18?,21?,23-;/m1./s1. The number of carbonyl (C=O) groups excluding carboxylic acids is 2. The zero-order valence-electron chi connectivity index (χ0n) is 22.6. The summed E-state index contributed by atoms with van der Waals surface area (Å²) < 4.78 is 17.5. The highest BCUT2D eigenvalue weighted by Gasteiger charge is 2.44. The lowest BCUT2D eigenvalue weighted by Gasteiger charge is -2.32. The van der Waals surface area contributed by atoms with E-state index in [4.69, 9.17) is 28.3 Å². The van der Waals surface area contributed by atoms with E-state index in [0.717, 1.165) is 31.5 Å². The molecule has 39 heavy (non-hydrogen) atoms. The second kappa shape index (κ2) is 14.1. The molecule has 4 rings (SSSR count). The number of hydrogen-bond acceptors (Lipinski definition) is 6. The summed E-state index contributed by atoms with van der Waals surface area (Å²) in [6.07, 6.45) is 4.36. The number of piperidine rings is 1. The molecule has 0 aliphatic carbocycles. The molecule has 2 heterocycles. The average molecular weight is 600 g/mol. The largest absolute Gasteiger partial charge is 0.391 e. The van der Waals surface area contributed by atoms with Crippen LogP contribution in [0, 0.1) is 5.82 Å². The van der Waals surface area contributed by atoms with Crippen molar-refractivity contribution < 1.29 is 19.1 Å². The molecule has 4 N–H and O–H groups in total. The van der Waals surface area contributed by atoms with Gasteiger partial charge in [-0.2, -0.15) is 0 Å². The molecule has 214 valence electrons. The first-order valence-corrected chi connectivity index (χ1v) is 14.9. The molecule has 2 amide bonds. The van der Waals surface area contributed by atoms with Gasteiger partial charge in [0.15, 0.2) is 0 Å². The summed E-state index contributed by atoms with van der Waals surface area (Å²) in [6, 6.07) is 9.47. The average Bonchev–Trinajstić information content (AvgIpc) is 3.30. The Hall–Kier alpha value is -1.88. The maximum atomic E-state index is 15.2. The van der Waals surface area contributed by atoms with Gasteiger partial charge in [-0.25, -0.2) is 4.39 Å². The summed E-state index contributed by atoms with van der Waals surface area (Å²) in [5.74, 6) is -1.51. The molecule has 0 spiro atoms. The summed E-state index contributed by atoms with van der Waals surface area (Å²) >= 11 is 14.0. The first-order valence-electron chi connectivity index (χ1n) is 12.9. The summed E-state index contributed by atoms with van der Waals surface area (Å²) in [6.45, 7) is 7.47. The SMILES string of the molecule is CC(C)(C)O.CSN1CCC(NC(=O)[C@@H]2NCC(c3ccc(Cl)cc3NC=O)C2c2cccc(Cl)c2F)CC1. The molecular formula is C28H37Cl2FN4O3S. The van der Waals surface area contributed by atoms with E-state index in [0.29, 0.717) is 29.2 Å². The maximum Gasteiger partial charge on any atom is 0.238 e. The lowest BCUT2D eigenvalue weighted by atomic mass is 9.79. The Labute approximate surface area is 244 Å². The van der Waals surface area contributed by atoms with Crippen LogP contribution in [-0.4, -0.2) is 65.3 Å². The van der Waals surface area contributed by atoms with Crippen molar-refractivity contribution in [2.75, 3.05) is 31.2 Å². The number of hydrogen-bond donors (Lipinski definition) is 4. The van der Waals surface area contributed by atoms with Crippen molar-refractivity contribution in [1.29, 1.82) is 0 Å². The van der Waals surface area contributed by atoms with Crippen LogP contribution >= 0.6 is 35.1 Å². The minimum atomic E-state index is -0.656. The van der Waals surface area contributed by atoms with Gasteiger partial charge in [-0.1, -0.05) is 53.3 Å². The fourth-order valence-electron chi connectivity index (χ4n) is 4.99. The number of amides is 2. The number of aliphatic hydroxyl groups is 1. The van der Waals surface area contributed by atoms with Gasteiger partial charge in [-0.05, 0) is 69.2 Å². The molecular weight excluding hydrogens is 562 g/mol. The van der Waals surface area contributed by atoms with Crippen molar-refractivity contribution in [3.63, 3.8) is 0 Å². The Morgan fingerprint density at radius 1 is 1.18 bits per heavy atom. The van der Waals surface area contributed by atoms with E-state index in [-0.39, 0.29) is 22.9 Å². The van der Waals surface area contributed by atoms with E-state index >= 15 is 4.39 Å². The number of nitrogens with one attached hydrogen (secondary N) is 3. The summed E-state index contributed by atoms with van der Waals surface area (Å²) in [5, 5.41) is 18.2. The monoisotopic (exact) mass is 598 g/mol. The van der Waals surface area contributed by atoms with Crippen molar-refractivity contribution in [3.8, 4) is 0 Å². The van der Waals surface area contributed by atoms with Crippen LogP contribution in [0.2, 0.25) is 10.0 Å². The van der Waals surface area contributed by atoms with Crippen LogP contribution in [0.5, 0.6) is 0 Å². The van der Waals surface area contributed by atoms with E-state index in [2.05, 4.69) is 26.5 Å². The third kappa shape index (κ3) is 8.80. The molecule has 0 bridgehead atoms. The zero-order chi connectivity index (χ0) is 28.7. The molecule has 11 heteroatoms. The number of nitrogens with zero attached hydrogens (tertiary/aromatic N) is 1. The van der Waals surface area contributed by atoms with Gasteiger partial charge in [-0.15, -0.1) is 0 Å². The van der Waals surface area contributed by atoms with Crippen molar-refractivity contribution in [2.24, 2.45) is 0 Å². The smallest absolute Gasteiger partial charge is 0.238 e. The molecule has 0 saturated carbocycles. The molecule has 0 radical (unpaired) electrons. The summed E-state index contributed by atoms with van der Waals surface area (Å²) in [7, 11) is 0. The van der Waals surface area contributed by atoms with Crippen molar-refractivity contribution in [1.82, 2.24) is 14.9 Å². The highest BCUT2D eigenvalue weighted by atomic mass is 35.5. The third-order valence-electron chi connectivity index (χ3n) is 6.66. The first kappa shape index (κ1) is 31.6. The van der Waals surface area contributed by atoms with Crippen molar-refractivity contribution in [3.05, 3.63) is 63.4 Å². The number of halogens is 3. The number of benzene rings is 2. The zero-order valence-corrected chi connectivity index (χ0v) is 25.0. The maximum absolute atomic E-state index is 15.2. The Bertz CT molecular complexity index is 1140. The van der Waals surface area contributed by atoms with Crippen LogP contribution in [0.4, 0.5) is 10.1 Å².